The lowest BCUT2D eigenvalue weighted by Crippen LogP contribution is -2.44. The molecule has 0 heterocycles. The zero-order chi connectivity index (χ0) is 14.5. The molecule has 0 radical (unpaired) electrons. The number of hydrogen-bond donors (Lipinski definition) is 2. The number of carbonyl (C=O) groups is 2. The minimum absolute atomic E-state index is 0.00396. The number of carboxylic acids is 1. The Morgan fingerprint density at radius 2 is 1.78 bits per heavy atom. The molecule has 18 heavy (non-hydrogen) atoms. The Morgan fingerprint density at radius 1 is 1.28 bits per heavy atom. The Labute approximate surface area is 110 Å². The van der Waals surface area contributed by atoms with E-state index in [0.29, 0.717) is 6.54 Å². The van der Waals surface area contributed by atoms with Crippen LogP contribution in [0.4, 0.5) is 4.79 Å². The summed E-state index contributed by atoms with van der Waals surface area (Å²) in [5, 5.41) is 11.7. The summed E-state index contributed by atoms with van der Waals surface area (Å²) in [5.74, 6) is -1.42. The van der Waals surface area contributed by atoms with Gasteiger partial charge in [-0.3, -0.25) is 4.79 Å². The molecular weight excluding hydrogens is 232 g/mol. The molecule has 0 spiro atoms. The highest BCUT2D eigenvalue weighted by molar-refractivity contribution is 5.76. The van der Waals surface area contributed by atoms with Crippen molar-refractivity contribution in [2.45, 2.75) is 34.6 Å². The summed E-state index contributed by atoms with van der Waals surface area (Å²) in [6.07, 6.45) is 0. The molecule has 0 fully saturated rings. The van der Waals surface area contributed by atoms with Gasteiger partial charge in [0, 0.05) is 20.1 Å². The van der Waals surface area contributed by atoms with Crippen LogP contribution in [0, 0.1) is 17.3 Å². The molecule has 106 valence electrons. The molecule has 0 aromatic carbocycles. The van der Waals surface area contributed by atoms with Crippen molar-refractivity contribution in [3.8, 4) is 0 Å². The third-order valence-corrected chi connectivity index (χ3v) is 2.65. The van der Waals surface area contributed by atoms with Crippen molar-refractivity contribution in [3.05, 3.63) is 0 Å². The van der Waals surface area contributed by atoms with E-state index in [2.05, 4.69) is 5.32 Å². The quantitative estimate of drug-likeness (QED) is 0.792. The summed E-state index contributed by atoms with van der Waals surface area (Å²) >= 11 is 0. The molecule has 0 aliphatic rings. The maximum absolute atomic E-state index is 11.8. The van der Waals surface area contributed by atoms with E-state index in [9.17, 15) is 9.59 Å². The van der Waals surface area contributed by atoms with E-state index in [-0.39, 0.29) is 23.9 Å². The molecule has 0 aromatic heterocycles. The van der Waals surface area contributed by atoms with Crippen molar-refractivity contribution in [1.82, 2.24) is 10.2 Å². The molecule has 0 saturated carbocycles. The molecule has 0 bridgehead atoms. The van der Waals surface area contributed by atoms with Gasteiger partial charge < -0.3 is 15.3 Å². The van der Waals surface area contributed by atoms with E-state index in [1.54, 1.807) is 11.9 Å². The third-order valence-electron chi connectivity index (χ3n) is 2.65. The second-order valence-corrected chi connectivity index (χ2v) is 6.29. The second-order valence-electron chi connectivity index (χ2n) is 6.29. The maximum Gasteiger partial charge on any atom is 0.317 e. The van der Waals surface area contributed by atoms with Crippen LogP contribution in [0.1, 0.15) is 34.6 Å². The van der Waals surface area contributed by atoms with E-state index < -0.39 is 11.9 Å². The number of amides is 2. The molecule has 1 atom stereocenters. The third kappa shape index (κ3) is 6.47. The zero-order valence-corrected chi connectivity index (χ0v) is 12.3. The van der Waals surface area contributed by atoms with Gasteiger partial charge in [-0.15, -0.1) is 0 Å². The van der Waals surface area contributed by atoms with Crippen LogP contribution in [0.15, 0.2) is 0 Å². The number of carbonyl (C=O) groups excluding carboxylic acids is 1. The molecule has 5 nitrogen and oxygen atoms in total. The van der Waals surface area contributed by atoms with Crippen LogP contribution >= 0.6 is 0 Å². The van der Waals surface area contributed by atoms with Gasteiger partial charge in [0.05, 0.1) is 5.92 Å². The predicted molar refractivity (Wildman–Crippen MR) is 71.4 cm³/mol. The van der Waals surface area contributed by atoms with Crippen molar-refractivity contribution in [1.29, 1.82) is 0 Å². The highest BCUT2D eigenvalue weighted by Gasteiger charge is 2.23. The molecule has 0 rings (SSSR count). The first-order chi connectivity index (χ1) is 8.04. The number of nitrogens with one attached hydrogen (secondary N) is 1. The van der Waals surface area contributed by atoms with Crippen LogP contribution < -0.4 is 5.32 Å². The largest absolute Gasteiger partial charge is 0.481 e. The average Bonchev–Trinajstić information content (AvgIpc) is 2.13. The molecule has 0 saturated heterocycles. The van der Waals surface area contributed by atoms with Gasteiger partial charge in [-0.2, -0.15) is 0 Å². The molecule has 0 aliphatic carbocycles. The SMILES string of the molecule is CC(C)C(CNC(=O)N(C)CC(C)(C)C)C(=O)O. The van der Waals surface area contributed by atoms with Gasteiger partial charge in [0.1, 0.15) is 0 Å². The minimum Gasteiger partial charge on any atom is -0.481 e. The Hall–Kier alpha value is -1.26. The highest BCUT2D eigenvalue weighted by Crippen LogP contribution is 2.14. The first kappa shape index (κ1) is 16.7. The lowest BCUT2D eigenvalue weighted by Gasteiger charge is -2.27. The van der Waals surface area contributed by atoms with Crippen LogP contribution in [0.25, 0.3) is 0 Å². The number of hydrogen-bond acceptors (Lipinski definition) is 2. The van der Waals surface area contributed by atoms with Crippen LogP contribution in [-0.2, 0) is 4.79 Å². The fourth-order valence-corrected chi connectivity index (χ4v) is 1.72. The Balaban J connectivity index is 4.28. The molecular formula is C13H26N2O3. The smallest absolute Gasteiger partial charge is 0.317 e. The summed E-state index contributed by atoms with van der Waals surface area (Å²) in [6.45, 7) is 10.6. The van der Waals surface area contributed by atoms with Crippen molar-refractivity contribution in [2.75, 3.05) is 20.1 Å². The van der Waals surface area contributed by atoms with Crippen LogP contribution in [0.2, 0.25) is 0 Å². The van der Waals surface area contributed by atoms with E-state index in [1.807, 2.05) is 34.6 Å². The maximum atomic E-state index is 11.8. The molecule has 5 heteroatoms. The summed E-state index contributed by atoms with van der Waals surface area (Å²) in [6, 6.07) is -0.225. The van der Waals surface area contributed by atoms with Crippen molar-refractivity contribution < 1.29 is 14.7 Å². The number of rotatable bonds is 5. The molecule has 0 aliphatic heterocycles. The fraction of sp³-hybridized carbons (Fsp3) is 0.846. The fourth-order valence-electron chi connectivity index (χ4n) is 1.72. The van der Waals surface area contributed by atoms with E-state index >= 15 is 0 Å². The second kappa shape index (κ2) is 6.61. The van der Waals surface area contributed by atoms with Gasteiger partial charge in [-0.05, 0) is 11.3 Å². The normalized spacial score (nSPS) is 13.3. The summed E-state index contributed by atoms with van der Waals surface area (Å²) in [5.41, 5.74) is 0.0241. The summed E-state index contributed by atoms with van der Waals surface area (Å²) in [4.78, 5) is 24.4. The van der Waals surface area contributed by atoms with E-state index in [1.165, 1.54) is 0 Å². The Kier molecular flexibility index (Phi) is 6.15. The molecule has 1 unspecified atom stereocenters. The molecule has 2 amide bonds. The standard InChI is InChI=1S/C13H26N2O3/c1-9(2)10(11(16)17)7-14-12(18)15(6)8-13(3,4)5/h9-10H,7-8H2,1-6H3,(H,14,18)(H,16,17). The van der Waals surface area contributed by atoms with Crippen LogP contribution in [-0.4, -0.2) is 42.1 Å². The topological polar surface area (TPSA) is 69.6 Å². The average molecular weight is 258 g/mol. The van der Waals surface area contributed by atoms with Gasteiger partial charge >= 0.3 is 12.0 Å². The molecule has 2 N–H and O–H groups in total. The van der Waals surface area contributed by atoms with E-state index in [4.69, 9.17) is 5.11 Å². The monoisotopic (exact) mass is 258 g/mol. The summed E-state index contributed by atoms with van der Waals surface area (Å²) < 4.78 is 0. The van der Waals surface area contributed by atoms with E-state index in [0.717, 1.165) is 0 Å². The zero-order valence-electron chi connectivity index (χ0n) is 12.3. The van der Waals surface area contributed by atoms with Crippen LogP contribution in [0.3, 0.4) is 0 Å². The highest BCUT2D eigenvalue weighted by atomic mass is 16.4. The van der Waals surface area contributed by atoms with Crippen molar-refractivity contribution in [2.24, 2.45) is 17.3 Å². The van der Waals surface area contributed by atoms with Gasteiger partial charge in [0.25, 0.3) is 0 Å². The minimum atomic E-state index is -0.872. The van der Waals surface area contributed by atoms with Crippen molar-refractivity contribution >= 4 is 12.0 Å². The van der Waals surface area contributed by atoms with Crippen molar-refractivity contribution in [3.63, 3.8) is 0 Å². The van der Waals surface area contributed by atoms with Gasteiger partial charge in [0.2, 0.25) is 0 Å². The summed E-state index contributed by atoms with van der Waals surface area (Å²) in [7, 11) is 1.71. The Bertz CT molecular complexity index is 295. The van der Waals surface area contributed by atoms with Gasteiger partial charge in [-0.1, -0.05) is 34.6 Å². The van der Waals surface area contributed by atoms with Gasteiger partial charge in [0.15, 0.2) is 0 Å². The first-order valence-corrected chi connectivity index (χ1v) is 6.26. The van der Waals surface area contributed by atoms with Crippen LogP contribution in [0.5, 0.6) is 0 Å². The number of aliphatic carboxylic acids is 1. The van der Waals surface area contributed by atoms with Gasteiger partial charge in [-0.25, -0.2) is 4.79 Å². The number of urea groups is 1. The predicted octanol–water partition coefficient (Wildman–Crippen LogP) is 2.03. The number of nitrogens with zero attached hydrogens (tertiary/aromatic N) is 1. The Morgan fingerprint density at radius 3 is 2.11 bits per heavy atom. The number of carboxylic acid groups (broad SMARTS) is 1. The lowest BCUT2D eigenvalue weighted by molar-refractivity contribution is -0.142. The first-order valence-electron chi connectivity index (χ1n) is 6.26. The molecule has 0 aromatic rings. The lowest BCUT2D eigenvalue weighted by atomic mass is 9.96.